The third-order valence-electron chi connectivity index (χ3n) is 2.76. The standard InChI is InChI=1S/C14H16N4O2S2/c1-8(21-14-18-17-13(15-3)22-14)12(20)10-4-6-11(7-5-10)16-9(2)19/h4-8H,1-3H3,(H,15,17)(H,16,19)/t8-/m1/s1. The first-order valence-electron chi connectivity index (χ1n) is 6.59. The quantitative estimate of drug-likeness (QED) is 0.623. The van der Waals surface area contributed by atoms with E-state index in [2.05, 4.69) is 20.8 Å². The van der Waals surface area contributed by atoms with Gasteiger partial charge in [-0.15, -0.1) is 10.2 Å². The molecule has 1 aromatic carbocycles. The Kier molecular flexibility index (Phi) is 5.51. The Bertz CT molecular complexity index is 670. The van der Waals surface area contributed by atoms with Gasteiger partial charge in [0.1, 0.15) is 0 Å². The molecule has 8 heteroatoms. The van der Waals surface area contributed by atoms with Gasteiger partial charge in [0.05, 0.1) is 5.25 Å². The first kappa shape index (κ1) is 16.4. The maximum atomic E-state index is 12.4. The van der Waals surface area contributed by atoms with Crippen LogP contribution in [0.1, 0.15) is 24.2 Å². The molecule has 1 amide bonds. The normalized spacial score (nSPS) is 11.8. The lowest BCUT2D eigenvalue weighted by Crippen LogP contribution is -2.13. The van der Waals surface area contributed by atoms with E-state index in [0.29, 0.717) is 11.3 Å². The van der Waals surface area contributed by atoms with Crippen LogP contribution in [-0.2, 0) is 4.79 Å². The monoisotopic (exact) mass is 336 g/mol. The Morgan fingerprint density at radius 2 is 1.91 bits per heavy atom. The van der Waals surface area contributed by atoms with Gasteiger partial charge < -0.3 is 10.6 Å². The third-order valence-corrected chi connectivity index (χ3v) is 4.88. The van der Waals surface area contributed by atoms with Crippen LogP contribution in [0.4, 0.5) is 10.8 Å². The number of ketones is 1. The number of carbonyl (C=O) groups excluding carboxylic acids is 2. The van der Waals surface area contributed by atoms with E-state index in [9.17, 15) is 9.59 Å². The number of anilines is 2. The number of hydrogen-bond acceptors (Lipinski definition) is 7. The Morgan fingerprint density at radius 1 is 1.23 bits per heavy atom. The maximum absolute atomic E-state index is 12.4. The second-order valence-electron chi connectivity index (χ2n) is 4.51. The molecule has 1 atom stereocenters. The number of thioether (sulfide) groups is 1. The molecular formula is C14H16N4O2S2. The van der Waals surface area contributed by atoms with Crippen LogP contribution in [0.3, 0.4) is 0 Å². The minimum Gasteiger partial charge on any atom is -0.363 e. The average Bonchev–Trinajstić information content (AvgIpc) is 2.94. The van der Waals surface area contributed by atoms with Crippen molar-refractivity contribution in [2.75, 3.05) is 17.7 Å². The summed E-state index contributed by atoms with van der Waals surface area (Å²) in [7, 11) is 1.78. The van der Waals surface area contributed by atoms with Crippen LogP contribution in [0.5, 0.6) is 0 Å². The first-order chi connectivity index (χ1) is 10.5. The highest BCUT2D eigenvalue weighted by Crippen LogP contribution is 2.30. The fourth-order valence-corrected chi connectivity index (χ4v) is 3.65. The molecule has 0 aliphatic carbocycles. The molecule has 1 aromatic heterocycles. The lowest BCUT2D eigenvalue weighted by molar-refractivity contribution is -0.114. The Morgan fingerprint density at radius 3 is 2.45 bits per heavy atom. The van der Waals surface area contributed by atoms with Gasteiger partial charge in [-0.1, -0.05) is 23.1 Å². The summed E-state index contributed by atoms with van der Waals surface area (Å²) < 4.78 is 0.750. The molecule has 2 aromatic rings. The number of benzene rings is 1. The van der Waals surface area contributed by atoms with Crippen molar-refractivity contribution in [2.45, 2.75) is 23.4 Å². The number of rotatable bonds is 6. The number of Topliss-reactive ketones (excluding diaryl/α,β-unsaturated/α-hetero) is 1. The summed E-state index contributed by atoms with van der Waals surface area (Å²) in [4.78, 5) is 23.4. The van der Waals surface area contributed by atoms with Gasteiger partial charge in [0.25, 0.3) is 0 Å². The Hall–Kier alpha value is -1.93. The van der Waals surface area contributed by atoms with E-state index < -0.39 is 0 Å². The van der Waals surface area contributed by atoms with Crippen LogP contribution in [0.2, 0.25) is 0 Å². The van der Waals surface area contributed by atoms with Gasteiger partial charge in [0.2, 0.25) is 11.0 Å². The van der Waals surface area contributed by atoms with Gasteiger partial charge in [-0.2, -0.15) is 0 Å². The first-order valence-corrected chi connectivity index (χ1v) is 8.29. The Balaban J connectivity index is 2.01. The zero-order valence-electron chi connectivity index (χ0n) is 12.4. The van der Waals surface area contributed by atoms with E-state index in [1.165, 1.54) is 30.0 Å². The van der Waals surface area contributed by atoms with Crippen LogP contribution in [0.25, 0.3) is 0 Å². The molecule has 2 N–H and O–H groups in total. The van der Waals surface area contributed by atoms with Gasteiger partial charge in [-0.3, -0.25) is 9.59 Å². The third kappa shape index (κ3) is 4.28. The van der Waals surface area contributed by atoms with Crippen molar-refractivity contribution in [3.8, 4) is 0 Å². The molecule has 0 unspecified atom stereocenters. The number of amides is 1. The van der Waals surface area contributed by atoms with Crippen molar-refractivity contribution in [1.29, 1.82) is 0 Å². The molecule has 0 aliphatic rings. The summed E-state index contributed by atoms with van der Waals surface area (Å²) in [6.45, 7) is 3.29. The zero-order valence-corrected chi connectivity index (χ0v) is 14.0. The fourth-order valence-electron chi connectivity index (χ4n) is 1.72. The topological polar surface area (TPSA) is 84.0 Å². The number of aromatic nitrogens is 2. The molecule has 2 rings (SSSR count). The van der Waals surface area contributed by atoms with Gasteiger partial charge >= 0.3 is 0 Å². The molecule has 0 saturated carbocycles. The van der Waals surface area contributed by atoms with Crippen molar-refractivity contribution in [3.63, 3.8) is 0 Å². The predicted octanol–water partition coefficient (Wildman–Crippen LogP) is 2.90. The molecule has 22 heavy (non-hydrogen) atoms. The molecule has 116 valence electrons. The van der Waals surface area contributed by atoms with Crippen molar-refractivity contribution in [2.24, 2.45) is 0 Å². The summed E-state index contributed by atoms with van der Waals surface area (Å²) in [5.74, 6) is -0.125. The minimum atomic E-state index is -0.260. The predicted molar refractivity (Wildman–Crippen MR) is 89.9 cm³/mol. The molecule has 6 nitrogen and oxygen atoms in total. The SMILES string of the molecule is CNc1nnc(S[C@H](C)C(=O)c2ccc(NC(C)=O)cc2)s1. The molecule has 0 saturated heterocycles. The lowest BCUT2D eigenvalue weighted by Gasteiger charge is -2.09. The maximum Gasteiger partial charge on any atom is 0.221 e. The summed E-state index contributed by atoms with van der Waals surface area (Å²) in [6.07, 6.45) is 0. The summed E-state index contributed by atoms with van der Waals surface area (Å²) in [6, 6.07) is 6.86. The molecule has 0 fully saturated rings. The summed E-state index contributed by atoms with van der Waals surface area (Å²) in [5.41, 5.74) is 1.28. The molecule has 0 bridgehead atoms. The van der Waals surface area contributed by atoms with Gasteiger partial charge in [-0.05, 0) is 31.2 Å². The van der Waals surface area contributed by atoms with Crippen molar-refractivity contribution in [3.05, 3.63) is 29.8 Å². The second kappa shape index (κ2) is 7.37. The largest absolute Gasteiger partial charge is 0.363 e. The lowest BCUT2D eigenvalue weighted by atomic mass is 10.1. The number of nitrogens with zero attached hydrogens (tertiary/aromatic N) is 2. The molecule has 0 radical (unpaired) electrons. The van der Waals surface area contributed by atoms with Crippen molar-refractivity contribution >= 4 is 45.6 Å². The zero-order chi connectivity index (χ0) is 16.1. The van der Waals surface area contributed by atoms with Crippen molar-refractivity contribution in [1.82, 2.24) is 10.2 Å². The van der Waals surface area contributed by atoms with E-state index in [-0.39, 0.29) is 16.9 Å². The number of hydrogen-bond donors (Lipinski definition) is 2. The van der Waals surface area contributed by atoms with Crippen molar-refractivity contribution < 1.29 is 9.59 Å². The van der Waals surface area contributed by atoms with E-state index in [1.54, 1.807) is 31.3 Å². The summed E-state index contributed by atoms with van der Waals surface area (Å²) in [5, 5.41) is 14.0. The van der Waals surface area contributed by atoms with Crippen LogP contribution < -0.4 is 10.6 Å². The van der Waals surface area contributed by atoms with Gasteiger partial charge in [0, 0.05) is 25.2 Å². The van der Waals surface area contributed by atoms with E-state index >= 15 is 0 Å². The van der Waals surface area contributed by atoms with Crippen LogP contribution in [0, 0.1) is 0 Å². The van der Waals surface area contributed by atoms with Crippen LogP contribution in [0.15, 0.2) is 28.6 Å². The van der Waals surface area contributed by atoms with Gasteiger partial charge in [0.15, 0.2) is 10.1 Å². The van der Waals surface area contributed by atoms with Gasteiger partial charge in [-0.25, -0.2) is 0 Å². The highest BCUT2D eigenvalue weighted by Gasteiger charge is 2.18. The molecule has 0 spiro atoms. The fraction of sp³-hybridized carbons (Fsp3) is 0.286. The van der Waals surface area contributed by atoms with Crippen LogP contribution >= 0.6 is 23.1 Å². The van der Waals surface area contributed by atoms with Crippen LogP contribution in [-0.4, -0.2) is 34.2 Å². The highest BCUT2D eigenvalue weighted by molar-refractivity contribution is 8.02. The Labute approximate surface area is 136 Å². The molecular weight excluding hydrogens is 320 g/mol. The second-order valence-corrected chi connectivity index (χ2v) is 7.07. The number of nitrogens with one attached hydrogen (secondary N) is 2. The minimum absolute atomic E-state index is 0.0144. The number of carbonyl (C=O) groups is 2. The molecule has 0 aliphatic heterocycles. The van der Waals surface area contributed by atoms with E-state index in [1.807, 2.05) is 6.92 Å². The van der Waals surface area contributed by atoms with E-state index in [0.717, 1.165) is 9.47 Å². The average molecular weight is 336 g/mol. The summed E-state index contributed by atoms with van der Waals surface area (Å²) >= 11 is 2.80. The smallest absolute Gasteiger partial charge is 0.221 e. The highest BCUT2D eigenvalue weighted by atomic mass is 32.2. The van der Waals surface area contributed by atoms with E-state index in [4.69, 9.17) is 0 Å². The molecule has 1 heterocycles.